The van der Waals surface area contributed by atoms with Crippen LogP contribution in [-0.2, 0) is 6.54 Å². The fourth-order valence-corrected chi connectivity index (χ4v) is 2.51. The van der Waals surface area contributed by atoms with Crippen molar-refractivity contribution in [2.24, 2.45) is 0 Å². The van der Waals surface area contributed by atoms with Gasteiger partial charge in [0.1, 0.15) is 5.82 Å². The summed E-state index contributed by atoms with van der Waals surface area (Å²) in [6.07, 6.45) is 3.06. The summed E-state index contributed by atoms with van der Waals surface area (Å²) < 4.78 is 20.2. The van der Waals surface area contributed by atoms with Crippen LogP contribution in [0.4, 0.5) is 4.39 Å². The maximum Gasteiger partial charge on any atom is 0.294 e. The van der Waals surface area contributed by atoms with E-state index >= 15 is 0 Å². The highest BCUT2D eigenvalue weighted by Gasteiger charge is 2.15. The van der Waals surface area contributed by atoms with Crippen LogP contribution in [-0.4, -0.2) is 17.0 Å². The summed E-state index contributed by atoms with van der Waals surface area (Å²) in [7, 11) is 0. The largest absolute Gasteiger partial charge is 0.459 e. The monoisotopic (exact) mass is 334 g/mol. The van der Waals surface area contributed by atoms with Crippen molar-refractivity contribution in [1.82, 2.24) is 9.88 Å². The minimum atomic E-state index is -0.691. The van der Waals surface area contributed by atoms with E-state index in [1.807, 2.05) is 0 Å². The number of hydrogen-bond acceptors (Lipinski definition) is 3. The number of furan rings is 1. The van der Waals surface area contributed by atoms with E-state index in [0.29, 0.717) is 5.39 Å². The Hall–Kier alpha value is -2.60. The molecule has 7 heteroatoms. The zero-order valence-corrected chi connectivity index (χ0v) is 12.6. The Kier molecular flexibility index (Phi) is 4.16. The van der Waals surface area contributed by atoms with Gasteiger partial charge in [-0.15, -0.1) is 0 Å². The molecule has 0 aliphatic rings. The highest BCUT2D eigenvalue weighted by molar-refractivity contribution is 6.33. The van der Waals surface area contributed by atoms with Crippen LogP contribution in [0.25, 0.3) is 11.0 Å². The molecule has 0 atom stereocenters. The van der Waals surface area contributed by atoms with Gasteiger partial charge in [-0.2, -0.15) is 0 Å². The second-order valence-corrected chi connectivity index (χ2v) is 5.28. The Balaban J connectivity index is 1.70. The van der Waals surface area contributed by atoms with Gasteiger partial charge >= 0.3 is 0 Å². The zero-order chi connectivity index (χ0) is 16.4. The molecule has 3 rings (SSSR count). The summed E-state index contributed by atoms with van der Waals surface area (Å²) in [6, 6.07) is 7.47. The van der Waals surface area contributed by atoms with Gasteiger partial charge in [0.25, 0.3) is 11.5 Å². The third-order valence-corrected chi connectivity index (χ3v) is 3.73. The van der Waals surface area contributed by atoms with Crippen LogP contribution >= 0.6 is 11.6 Å². The Labute approximate surface area is 135 Å². The summed E-state index contributed by atoms with van der Waals surface area (Å²) in [4.78, 5) is 24.1. The van der Waals surface area contributed by atoms with Crippen LogP contribution in [0, 0.1) is 5.82 Å². The topological polar surface area (TPSA) is 64.2 Å². The fourth-order valence-electron chi connectivity index (χ4n) is 2.26. The molecule has 0 unspecified atom stereocenters. The summed E-state index contributed by atoms with van der Waals surface area (Å²) in [5.41, 5.74) is -0.232. The van der Waals surface area contributed by atoms with Crippen molar-refractivity contribution in [3.8, 4) is 0 Å². The van der Waals surface area contributed by atoms with E-state index in [2.05, 4.69) is 5.32 Å². The van der Waals surface area contributed by atoms with Gasteiger partial charge in [-0.1, -0.05) is 17.7 Å². The highest BCUT2D eigenvalue weighted by Crippen LogP contribution is 2.18. The average molecular weight is 335 g/mol. The lowest BCUT2D eigenvalue weighted by Crippen LogP contribution is -2.31. The molecule has 0 spiro atoms. The number of nitrogens with one attached hydrogen (secondary N) is 1. The number of carbonyl (C=O) groups excluding carboxylic acids is 1. The molecule has 1 N–H and O–H groups in total. The number of amides is 1. The molecule has 5 nitrogen and oxygen atoms in total. The molecule has 0 radical (unpaired) electrons. The van der Waals surface area contributed by atoms with Crippen molar-refractivity contribution in [2.75, 3.05) is 6.54 Å². The van der Waals surface area contributed by atoms with Crippen molar-refractivity contribution in [3.05, 3.63) is 69.5 Å². The van der Waals surface area contributed by atoms with E-state index in [4.69, 9.17) is 16.0 Å². The predicted molar refractivity (Wildman–Crippen MR) is 84.2 cm³/mol. The molecule has 23 heavy (non-hydrogen) atoms. The number of rotatable bonds is 4. The first-order valence-electron chi connectivity index (χ1n) is 6.87. The second-order valence-electron chi connectivity index (χ2n) is 4.87. The smallest absolute Gasteiger partial charge is 0.294 e. The number of pyridine rings is 1. The first-order chi connectivity index (χ1) is 11.1. The first kappa shape index (κ1) is 15.3. The Bertz CT molecular complexity index is 912. The quantitative estimate of drug-likeness (QED) is 0.798. The SMILES string of the molecule is O=C(NCCn1ccc2ccoc2c1=O)c1c(F)cccc1Cl. The molecule has 2 heterocycles. The third kappa shape index (κ3) is 2.98. The summed E-state index contributed by atoms with van der Waals surface area (Å²) in [6.45, 7) is 0.378. The third-order valence-electron chi connectivity index (χ3n) is 3.41. The standard InChI is InChI=1S/C16H12ClFN2O3/c17-11-2-1-3-12(18)13(11)15(21)19-6-8-20-7-4-10-5-9-23-14(10)16(20)22/h1-5,7,9H,6,8H2,(H,19,21). The number of carbonyl (C=O) groups is 1. The van der Waals surface area contributed by atoms with Gasteiger partial charge in [0.15, 0.2) is 5.58 Å². The van der Waals surface area contributed by atoms with Crippen molar-refractivity contribution in [3.63, 3.8) is 0 Å². The van der Waals surface area contributed by atoms with Crippen LogP contribution in [0.2, 0.25) is 5.02 Å². The van der Waals surface area contributed by atoms with Crippen molar-refractivity contribution in [2.45, 2.75) is 6.54 Å². The number of nitrogens with zero attached hydrogens (tertiary/aromatic N) is 1. The zero-order valence-electron chi connectivity index (χ0n) is 11.9. The van der Waals surface area contributed by atoms with Gasteiger partial charge in [-0.25, -0.2) is 4.39 Å². The molecule has 1 amide bonds. The van der Waals surface area contributed by atoms with E-state index in [9.17, 15) is 14.0 Å². The molecule has 0 aliphatic carbocycles. The lowest BCUT2D eigenvalue weighted by Gasteiger charge is -2.09. The summed E-state index contributed by atoms with van der Waals surface area (Å²) >= 11 is 5.83. The summed E-state index contributed by atoms with van der Waals surface area (Å²) in [5, 5.41) is 3.30. The second kappa shape index (κ2) is 6.26. The molecule has 0 saturated heterocycles. The van der Waals surface area contributed by atoms with Gasteiger partial charge in [-0.3, -0.25) is 9.59 Å². The number of hydrogen-bond donors (Lipinski definition) is 1. The molecular weight excluding hydrogens is 323 g/mol. The van der Waals surface area contributed by atoms with Gasteiger partial charge in [0.05, 0.1) is 16.8 Å². The van der Waals surface area contributed by atoms with E-state index in [1.165, 1.54) is 23.0 Å². The molecule has 3 aromatic rings. The van der Waals surface area contributed by atoms with E-state index in [1.54, 1.807) is 18.3 Å². The normalized spacial score (nSPS) is 10.9. The molecular formula is C16H12ClFN2O3. The number of halogens is 2. The van der Waals surface area contributed by atoms with E-state index in [-0.39, 0.29) is 34.8 Å². The van der Waals surface area contributed by atoms with Gasteiger partial charge in [-0.05, 0) is 24.3 Å². The lowest BCUT2D eigenvalue weighted by molar-refractivity contribution is 0.0948. The first-order valence-corrected chi connectivity index (χ1v) is 7.24. The van der Waals surface area contributed by atoms with Gasteiger partial charge in [0, 0.05) is 24.7 Å². The number of fused-ring (bicyclic) bond motifs is 1. The van der Waals surface area contributed by atoms with Crippen LogP contribution in [0.15, 0.2) is 52.0 Å². The van der Waals surface area contributed by atoms with Crippen LogP contribution < -0.4 is 10.9 Å². The maximum atomic E-state index is 13.6. The molecule has 0 aliphatic heterocycles. The predicted octanol–water partition coefficient (Wildman–Crippen LogP) is 2.82. The Morgan fingerprint density at radius 1 is 1.30 bits per heavy atom. The molecule has 0 bridgehead atoms. The minimum absolute atomic E-state index is 0.0386. The molecule has 2 aromatic heterocycles. The Morgan fingerprint density at radius 2 is 2.13 bits per heavy atom. The van der Waals surface area contributed by atoms with Crippen molar-refractivity contribution in [1.29, 1.82) is 0 Å². The van der Waals surface area contributed by atoms with Gasteiger partial charge < -0.3 is 14.3 Å². The van der Waals surface area contributed by atoms with Crippen molar-refractivity contribution < 1.29 is 13.6 Å². The fraction of sp³-hybridized carbons (Fsp3) is 0.125. The lowest BCUT2D eigenvalue weighted by atomic mass is 10.2. The Morgan fingerprint density at radius 3 is 2.91 bits per heavy atom. The van der Waals surface area contributed by atoms with Crippen LogP contribution in [0.5, 0.6) is 0 Å². The highest BCUT2D eigenvalue weighted by atomic mass is 35.5. The minimum Gasteiger partial charge on any atom is -0.459 e. The summed E-state index contributed by atoms with van der Waals surface area (Å²) in [5.74, 6) is -1.32. The molecule has 0 fully saturated rings. The molecule has 1 aromatic carbocycles. The number of benzene rings is 1. The van der Waals surface area contributed by atoms with Gasteiger partial charge in [0.2, 0.25) is 0 Å². The van der Waals surface area contributed by atoms with E-state index < -0.39 is 11.7 Å². The van der Waals surface area contributed by atoms with Crippen LogP contribution in [0.1, 0.15) is 10.4 Å². The maximum absolute atomic E-state index is 13.6. The average Bonchev–Trinajstić information content (AvgIpc) is 2.99. The number of aromatic nitrogens is 1. The molecule has 118 valence electrons. The molecule has 0 saturated carbocycles. The van der Waals surface area contributed by atoms with E-state index in [0.717, 1.165) is 6.07 Å². The van der Waals surface area contributed by atoms with Crippen LogP contribution in [0.3, 0.4) is 0 Å². The van der Waals surface area contributed by atoms with Crippen molar-refractivity contribution >= 4 is 28.5 Å².